The number of nitrogens with zero attached hydrogens (tertiary/aromatic N) is 1. The third kappa shape index (κ3) is 3.30. The van der Waals surface area contributed by atoms with Crippen molar-refractivity contribution < 1.29 is 4.92 Å². The topological polar surface area (TPSA) is 81.2 Å². The molecule has 0 bridgehead atoms. The second-order valence-electron chi connectivity index (χ2n) is 3.31. The molecule has 3 N–H and O–H groups in total. The maximum atomic E-state index is 10.4. The fraction of sp³-hybridized carbons (Fsp3) is 0.400. The first-order valence-electron chi connectivity index (χ1n) is 4.83. The first kappa shape index (κ1) is 11.6. The van der Waals surface area contributed by atoms with E-state index in [4.69, 9.17) is 5.73 Å². The number of nitro groups is 1. The lowest BCUT2D eigenvalue weighted by atomic mass is 10.1. The maximum Gasteiger partial charge on any atom is 0.269 e. The summed E-state index contributed by atoms with van der Waals surface area (Å²) in [7, 11) is 0. The van der Waals surface area contributed by atoms with Crippen LogP contribution in [-0.4, -0.2) is 18.0 Å². The first-order valence-corrected chi connectivity index (χ1v) is 4.83. The summed E-state index contributed by atoms with van der Waals surface area (Å²) < 4.78 is 0. The van der Waals surface area contributed by atoms with Crippen LogP contribution in [-0.2, 0) is 0 Å². The van der Waals surface area contributed by atoms with Gasteiger partial charge in [-0.1, -0.05) is 12.1 Å². The predicted octanol–water partition coefficient (Wildman–Crippen LogP) is 1.20. The van der Waals surface area contributed by atoms with E-state index in [2.05, 4.69) is 5.32 Å². The Bertz CT molecular complexity index is 324. The highest BCUT2D eigenvalue weighted by molar-refractivity contribution is 5.33. The van der Waals surface area contributed by atoms with Gasteiger partial charge >= 0.3 is 0 Å². The van der Waals surface area contributed by atoms with Crippen molar-refractivity contribution in [1.29, 1.82) is 0 Å². The van der Waals surface area contributed by atoms with Crippen LogP contribution in [0.5, 0.6) is 0 Å². The number of nitro benzene ring substituents is 1. The normalized spacial score (nSPS) is 12.4. The summed E-state index contributed by atoms with van der Waals surface area (Å²) in [6.45, 7) is 3.31. The lowest BCUT2D eigenvalue weighted by Crippen LogP contribution is -2.25. The fourth-order valence-electron chi connectivity index (χ4n) is 1.30. The Kier molecular flexibility index (Phi) is 4.20. The molecule has 0 aliphatic rings. The molecule has 1 unspecified atom stereocenters. The maximum absolute atomic E-state index is 10.4. The van der Waals surface area contributed by atoms with Gasteiger partial charge in [0.1, 0.15) is 0 Å². The number of rotatable bonds is 5. The third-order valence-corrected chi connectivity index (χ3v) is 2.20. The number of benzene rings is 1. The van der Waals surface area contributed by atoms with E-state index in [9.17, 15) is 10.1 Å². The first-order chi connectivity index (χ1) is 7.15. The minimum atomic E-state index is -0.401. The largest absolute Gasteiger partial charge is 0.329 e. The zero-order valence-corrected chi connectivity index (χ0v) is 8.64. The van der Waals surface area contributed by atoms with Gasteiger partial charge in [0.2, 0.25) is 0 Å². The van der Waals surface area contributed by atoms with Crippen molar-refractivity contribution in [2.24, 2.45) is 5.73 Å². The standard InChI is InChI=1S/C10H15N3O2/c1-8(12-7-6-11)9-2-4-10(5-3-9)13(14)15/h2-5,8,12H,6-7,11H2,1H3. The summed E-state index contributed by atoms with van der Waals surface area (Å²) in [5.41, 5.74) is 6.50. The molecule has 1 atom stereocenters. The monoisotopic (exact) mass is 209 g/mol. The predicted molar refractivity (Wildman–Crippen MR) is 58.6 cm³/mol. The number of hydrogen-bond acceptors (Lipinski definition) is 4. The van der Waals surface area contributed by atoms with E-state index in [1.54, 1.807) is 12.1 Å². The van der Waals surface area contributed by atoms with Crippen LogP contribution >= 0.6 is 0 Å². The number of non-ortho nitro benzene ring substituents is 1. The van der Waals surface area contributed by atoms with Gasteiger partial charge < -0.3 is 11.1 Å². The summed E-state index contributed by atoms with van der Waals surface area (Å²) in [6.07, 6.45) is 0. The van der Waals surface area contributed by atoms with E-state index in [0.29, 0.717) is 6.54 Å². The van der Waals surface area contributed by atoms with Crippen LogP contribution in [0.25, 0.3) is 0 Å². The van der Waals surface area contributed by atoms with E-state index in [0.717, 1.165) is 12.1 Å². The van der Waals surface area contributed by atoms with Crippen molar-refractivity contribution in [2.45, 2.75) is 13.0 Å². The third-order valence-electron chi connectivity index (χ3n) is 2.20. The van der Waals surface area contributed by atoms with Crippen LogP contribution in [0.15, 0.2) is 24.3 Å². The molecule has 1 aromatic carbocycles. The Labute approximate surface area is 88.4 Å². The summed E-state index contributed by atoms with van der Waals surface area (Å²) in [4.78, 5) is 10.0. The minimum absolute atomic E-state index is 0.116. The molecule has 5 heteroatoms. The molecule has 0 aliphatic carbocycles. The molecule has 1 rings (SSSR count). The van der Waals surface area contributed by atoms with Crippen LogP contribution in [0.1, 0.15) is 18.5 Å². The fourth-order valence-corrected chi connectivity index (χ4v) is 1.30. The summed E-state index contributed by atoms with van der Waals surface area (Å²) in [5, 5.41) is 13.6. The van der Waals surface area contributed by atoms with E-state index >= 15 is 0 Å². The van der Waals surface area contributed by atoms with E-state index in [1.807, 2.05) is 6.92 Å². The lowest BCUT2D eigenvalue weighted by Gasteiger charge is -2.12. The average Bonchev–Trinajstić information content (AvgIpc) is 2.26. The highest BCUT2D eigenvalue weighted by atomic mass is 16.6. The molecule has 0 amide bonds. The van der Waals surface area contributed by atoms with Crippen molar-refractivity contribution in [1.82, 2.24) is 5.32 Å². The van der Waals surface area contributed by atoms with Crippen LogP contribution in [0.3, 0.4) is 0 Å². The van der Waals surface area contributed by atoms with Crippen LogP contribution in [0.4, 0.5) is 5.69 Å². The number of nitrogens with one attached hydrogen (secondary N) is 1. The molecule has 82 valence electrons. The van der Waals surface area contributed by atoms with Crippen LogP contribution < -0.4 is 11.1 Å². The number of hydrogen-bond donors (Lipinski definition) is 2. The van der Waals surface area contributed by atoms with Crippen LogP contribution in [0.2, 0.25) is 0 Å². The Hall–Kier alpha value is -1.46. The molecule has 0 fully saturated rings. The van der Waals surface area contributed by atoms with Gasteiger partial charge in [-0.2, -0.15) is 0 Å². The van der Waals surface area contributed by atoms with Gasteiger partial charge in [0.05, 0.1) is 4.92 Å². The highest BCUT2D eigenvalue weighted by Gasteiger charge is 2.07. The molecular weight excluding hydrogens is 194 g/mol. The van der Waals surface area contributed by atoms with Gasteiger partial charge in [-0.15, -0.1) is 0 Å². The molecule has 0 heterocycles. The number of nitrogens with two attached hydrogens (primary N) is 1. The van der Waals surface area contributed by atoms with Gasteiger partial charge in [-0.25, -0.2) is 0 Å². The highest BCUT2D eigenvalue weighted by Crippen LogP contribution is 2.16. The van der Waals surface area contributed by atoms with Gasteiger partial charge in [0, 0.05) is 31.3 Å². The second-order valence-corrected chi connectivity index (χ2v) is 3.31. The zero-order valence-electron chi connectivity index (χ0n) is 8.64. The quantitative estimate of drug-likeness (QED) is 0.564. The lowest BCUT2D eigenvalue weighted by molar-refractivity contribution is -0.384. The summed E-state index contributed by atoms with van der Waals surface area (Å²) >= 11 is 0. The Morgan fingerprint density at radius 3 is 2.53 bits per heavy atom. The molecule has 5 nitrogen and oxygen atoms in total. The minimum Gasteiger partial charge on any atom is -0.329 e. The van der Waals surface area contributed by atoms with Gasteiger partial charge in [0.15, 0.2) is 0 Å². The smallest absolute Gasteiger partial charge is 0.269 e. The Morgan fingerprint density at radius 2 is 2.07 bits per heavy atom. The molecule has 0 aliphatic heterocycles. The van der Waals surface area contributed by atoms with E-state index in [-0.39, 0.29) is 11.7 Å². The van der Waals surface area contributed by atoms with Gasteiger partial charge in [-0.3, -0.25) is 10.1 Å². The SMILES string of the molecule is CC(NCCN)c1ccc([N+](=O)[O-])cc1. The summed E-state index contributed by atoms with van der Waals surface area (Å²) in [6, 6.07) is 6.69. The van der Waals surface area contributed by atoms with Crippen molar-refractivity contribution in [3.63, 3.8) is 0 Å². The molecule has 1 aromatic rings. The van der Waals surface area contributed by atoms with Gasteiger partial charge in [0.25, 0.3) is 5.69 Å². The molecule has 0 aromatic heterocycles. The van der Waals surface area contributed by atoms with E-state index < -0.39 is 4.92 Å². The molecule has 15 heavy (non-hydrogen) atoms. The second kappa shape index (κ2) is 5.43. The van der Waals surface area contributed by atoms with Gasteiger partial charge in [-0.05, 0) is 12.5 Å². The van der Waals surface area contributed by atoms with Crippen molar-refractivity contribution in [3.8, 4) is 0 Å². The Morgan fingerprint density at radius 1 is 1.47 bits per heavy atom. The summed E-state index contributed by atoms with van der Waals surface area (Å²) in [5.74, 6) is 0. The molecule has 0 radical (unpaired) electrons. The van der Waals surface area contributed by atoms with Crippen molar-refractivity contribution >= 4 is 5.69 Å². The van der Waals surface area contributed by atoms with E-state index in [1.165, 1.54) is 12.1 Å². The van der Waals surface area contributed by atoms with Crippen LogP contribution in [0, 0.1) is 10.1 Å². The average molecular weight is 209 g/mol. The molecular formula is C10H15N3O2. The molecule has 0 saturated carbocycles. The zero-order chi connectivity index (χ0) is 11.3. The van der Waals surface area contributed by atoms with Crippen molar-refractivity contribution in [3.05, 3.63) is 39.9 Å². The molecule has 0 spiro atoms. The molecule has 0 saturated heterocycles. The van der Waals surface area contributed by atoms with Crippen molar-refractivity contribution in [2.75, 3.05) is 13.1 Å². The Balaban J connectivity index is 2.66.